The third-order valence-corrected chi connectivity index (χ3v) is 5.54. The number of aryl methyl sites for hydroxylation is 2. The molecule has 0 spiro atoms. The number of thiophene rings is 1. The SMILES string of the molecule is CCOC(=O)CCn1cnc2sc(C(=O)Nc3ccccc3OC)c(C)c2c1=O. The van der Waals surface area contributed by atoms with Crippen LogP contribution in [0, 0.1) is 6.92 Å². The summed E-state index contributed by atoms with van der Waals surface area (Å²) >= 11 is 1.15. The Balaban J connectivity index is 1.89. The number of aromatic nitrogens is 2. The number of anilines is 1. The number of rotatable bonds is 7. The maximum Gasteiger partial charge on any atom is 0.307 e. The van der Waals surface area contributed by atoms with Crippen LogP contribution in [0.1, 0.15) is 28.6 Å². The number of methoxy groups -OCH3 is 1. The molecule has 1 aromatic carbocycles. The first kappa shape index (κ1) is 20.5. The molecule has 9 heteroatoms. The molecule has 1 N–H and O–H groups in total. The molecule has 0 bridgehead atoms. The summed E-state index contributed by atoms with van der Waals surface area (Å²) in [4.78, 5) is 42.4. The van der Waals surface area contributed by atoms with Gasteiger partial charge in [-0.05, 0) is 31.5 Å². The molecule has 2 heterocycles. The fourth-order valence-electron chi connectivity index (χ4n) is 2.91. The normalized spacial score (nSPS) is 10.7. The van der Waals surface area contributed by atoms with Gasteiger partial charge in [-0.2, -0.15) is 0 Å². The van der Waals surface area contributed by atoms with Gasteiger partial charge in [0.1, 0.15) is 10.6 Å². The second kappa shape index (κ2) is 8.87. The zero-order chi connectivity index (χ0) is 21.0. The van der Waals surface area contributed by atoms with Gasteiger partial charge in [-0.1, -0.05) is 12.1 Å². The molecule has 29 heavy (non-hydrogen) atoms. The molecule has 0 aliphatic rings. The van der Waals surface area contributed by atoms with E-state index in [1.54, 1.807) is 32.0 Å². The Morgan fingerprint density at radius 2 is 2.03 bits per heavy atom. The van der Waals surface area contributed by atoms with E-state index in [2.05, 4.69) is 10.3 Å². The van der Waals surface area contributed by atoms with Gasteiger partial charge in [0.2, 0.25) is 0 Å². The third-order valence-electron chi connectivity index (χ3n) is 4.34. The fraction of sp³-hybridized carbons (Fsp3) is 0.300. The summed E-state index contributed by atoms with van der Waals surface area (Å²) in [5.74, 6) is -0.176. The van der Waals surface area contributed by atoms with Crippen LogP contribution in [0.25, 0.3) is 10.2 Å². The van der Waals surface area contributed by atoms with Crippen LogP contribution < -0.4 is 15.6 Å². The van der Waals surface area contributed by atoms with Gasteiger partial charge in [0, 0.05) is 6.54 Å². The summed E-state index contributed by atoms with van der Waals surface area (Å²) < 4.78 is 11.5. The second-order valence-corrected chi connectivity index (χ2v) is 7.19. The summed E-state index contributed by atoms with van der Waals surface area (Å²) in [6.07, 6.45) is 1.47. The summed E-state index contributed by atoms with van der Waals surface area (Å²) in [5.41, 5.74) is 0.807. The van der Waals surface area contributed by atoms with E-state index in [1.165, 1.54) is 18.0 Å². The van der Waals surface area contributed by atoms with Crippen LogP contribution in [0.3, 0.4) is 0 Å². The van der Waals surface area contributed by atoms with Gasteiger partial charge >= 0.3 is 5.97 Å². The monoisotopic (exact) mass is 415 g/mol. The van der Waals surface area contributed by atoms with Gasteiger partial charge in [0.25, 0.3) is 11.5 Å². The molecule has 2 aromatic heterocycles. The number of nitrogens with zero attached hydrogens (tertiary/aromatic N) is 2. The molecule has 1 amide bonds. The minimum atomic E-state index is -0.376. The van der Waals surface area contributed by atoms with Crippen LogP contribution in [-0.2, 0) is 16.1 Å². The molecule has 0 fully saturated rings. The Bertz CT molecular complexity index is 1120. The lowest BCUT2D eigenvalue weighted by atomic mass is 10.2. The molecule has 3 aromatic rings. The molecule has 0 radical (unpaired) electrons. The lowest BCUT2D eigenvalue weighted by Crippen LogP contribution is -2.22. The van der Waals surface area contributed by atoms with Crippen LogP contribution in [0.15, 0.2) is 35.4 Å². The van der Waals surface area contributed by atoms with Crippen LogP contribution in [-0.4, -0.2) is 35.1 Å². The molecule has 0 atom stereocenters. The lowest BCUT2D eigenvalue weighted by Gasteiger charge is -2.09. The van der Waals surface area contributed by atoms with E-state index < -0.39 is 0 Å². The number of para-hydroxylation sites is 2. The van der Waals surface area contributed by atoms with Gasteiger partial charge < -0.3 is 14.8 Å². The van der Waals surface area contributed by atoms with Crippen LogP contribution in [0.5, 0.6) is 5.75 Å². The Labute approximate surface area is 171 Å². The zero-order valence-corrected chi connectivity index (χ0v) is 17.2. The molecule has 0 unspecified atom stereocenters. The summed E-state index contributed by atoms with van der Waals surface area (Å²) in [6.45, 7) is 3.90. The fourth-order valence-corrected chi connectivity index (χ4v) is 3.94. The predicted octanol–water partition coefficient (Wildman–Crippen LogP) is 2.98. The maximum atomic E-state index is 12.8. The van der Waals surface area contributed by atoms with E-state index >= 15 is 0 Å². The van der Waals surface area contributed by atoms with E-state index in [0.29, 0.717) is 38.7 Å². The van der Waals surface area contributed by atoms with Gasteiger partial charge in [-0.25, -0.2) is 4.98 Å². The lowest BCUT2D eigenvalue weighted by molar-refractivity contribution is -0.143. The van der Waals surface area contributed by atoms with Crippen LogP contribution in [0.4, 0.5) is 5.69 Å². The molecule has 8 nitrogen and oxygen atoms in total. The quantitative estimate of drug-likeness (QED) is 0.596. The number of esters is 1. The standard InChI is InChI=1S/C20H21N3O5S/c1-4-28-15(24)9-10-23-11-21-19-16(20(23)26)12(2)17(29-19)18(25)22-13-7-5-6-8-14(13)27-3/h5-8,11H,4,9-10H2,1-3H3,(H,22,25). The molecule has 3 rings (SSSR count). The average molecular weight is 415 g/mol. The predicted molar refractivity (Wildman–Crippen MR) is 111 cm³/mol. The minimum absolute atomic E-state index is 0.0747. The number of ether oxygens (including phenoxy) is 2. The maximum absolute atomic E-state index is 12.8. The molecule has 0 saturated heterocycles. The number of nitrogens with one attached hydrogen (secondary N) is 1. The number of hydrogen-bond donors (Lipinski definition) is 1. The summed E-state index contributed by atoms with van der Waals surface area (Å²) in [6, 6.07) is 7.08. The number of hydrogen-bond acceptors (Lipinski definition) is 7. The summed E-state index contributed by atoms with van der Waals surface area (Å²) in [7, 11) is 1.53. The van der Waals surface area contributed by atoms with Crippen LogP contribution >= 0.6 is 11.3 Å². The zero-order valence-electron chi connectivity index (χ0n) is 16.4. The van der Waals surface area contributed by atoms with E-state index in [9.17, 15) is 14.4 Å². The molecule has 0 saturated carbocycles. The van der Waals surface area contributed by atoms with Crippen molar-refractivity contribution in [1.29, 1.82) is 0 Å². The first-order valence-corrected chi connectivity index (χ1v) is 9.86. The number of amides is 1. The van der Waals surface area contributed by atoms with Crippen molar-refractivity contribution in [2.75, 3.05) is 19.0 Å². The Morgan fingerprint density at radius 1 is 1.28 bits per heavy atom. The van der Waals surface area contributed by atoms with Gasteiger partial charge in [0.05, 0.1) is 42.4 Å². The van der Waals surface area contributed by atoms with Gasteiger partial charge in [0.15, 0.2) is 0 Å². The van der Waals surface area contributed by atoms with E-state index in [4.69, 9.17) is 9.47 Å². The number of benzene rings is 1. The second-order valence-electron chi connectivity index (χ2n) is 6.19. The highest BCUT2D eigenvalue weighted by molar-refractivity contribution is 7.20. The van der Waals surface area contributed by atoms with Crippen molar-refractivity contribution in [2.24, 2.45) is 0 Å². The minimum Gasteiger partial charge on any atom is -0.495 e. The number of carbonyl (C=O) groups is 2. The average Bonchev–Trinajstić information content (AvgIpc) is 3.05. The van der Waals surface area contributed by atoms with Crippen molar-refractivity contribution in [3.63, 3.8) is 0 Å². The molecule has 0 aliphatic heterocycles. The molecule has 0 aliphatic carbocycles. The first-order chi connectivity index (χ1) is 14.0. The van der Waals surface area contributed by atoms with Crippen LogP contribution in [0.2, 0.25) is 0 Å². The Hall–Kier alpha value is -3.20. The number of carbonyl (C=O) groups excluding carboxylic acids is 2. The van der Waals surface area contributed by atoms with Crippen molar-refractivity contribution in [1.82, 2.24) is 9.55 Å². The summed E-state index contributed by atoms with van der Waals surface area (Å²) in [5, 5.41) is 3.20. The van der Waals surface area contributed by atoms with E-state index in [1.807, 2.05) is 6.07 Å². The van der Waals surface area contributed by atoms with Crippen molar-refractivity contribution in [3.8, 4) is 5.75 Å². The molecular weight excluding hydrogens is 394 g/mol. The smallest absolute Gasteiger partial charge is 0.307 e. The van der Waals surface area contributed by atoms with Gasteiger partial charge in [-0.15, -0.1) is 11.3 Å². The Kier molecular flexibility index (Phi) is 6.28. The Morgan fingerprint density at radius 3 is 2.76 bits per heavy atom. The van der Waals surface area contributed by atoms with E-state index in [-0.39, 0.29) is 30.4 Å². The van der Waals surface area contributed by atoms with Crippen molar-refractivity contribution >= 4 is 39.1 Å². The third kappa shape index (κ3) is 4.29. The largest absolute Gasteiger partial charge is 0.495 e. The highest BCUT2D eigenvalue weighted by Crippen LogP contribution is 2.29. The van der Waals surface area contributed by atoms with E-state index in [0.717, 1.165) is 11.3 Å². The van der Waals surface area contributed by atoms with Crippen molar-refractivity contribution in [2.45, 2.75) is 26.8 Å². The molecular formula is C20H21N3O5S. The first-order valence-electron chi connectivity index (χ1n) is 9.04. The van der Waals surface area contributed by atoms with Crippen molar-refractivity contribution in [3.05, 3.63) is 51.4 Å². The topological polar surface area (TPSA) is 99.5 Å². The highest BCUT2D eigenvalue weighted by Gasteiger charge is 2.20. The highest BCUT2D eigenvalue weighted by atomic mass is 32.1. The number of fused-ring (bicyclic) bond motifs is 1. The van der Waals surface area contributed by atoms with Gasteiger partial charge in [-0.3, -0.25) is 19.0 Å². The molecule has 152 valence electrons. The van der Waals surface area contributed by atoms with Crippen molar-refractivity contribution < 1.29 is 19.1 Å².